The summed E-state index contributed by atoms with van der Waals surface area (Å²) >= 11 is 0. The Bertz CT molecular complexity index is 773. The van der Waals surface area contributed by atoms with Gasteiger partial charge in [0.15, 0.2) is 0 Å². The van der Waals surface area contributed by atoms with Gasteiger partial charge in [-0.15, -0.1) is 0 Å². The first-order chi connectivity index (χ1) is 9.34. The molecular weight excluding hydrogens is 230 g/mol. The molecule has 3 aromatic carbocycles. The van der Waals surface area contributed by atoms with E-state index in [4.69, 9.17) is 0 Å². The van der Waals surface area contributed by atoms with Crippen LogP contribution in [0.1, 0.15) is 11.1 Å². The van der Waals surface area contributed by atoms with Crippen LogP contribution in [0.5, 0.6) is 0 Å². The Labute approximate surface area is 113 Å². The lowest BCUT2D eigenvalue weighted by atomic mass is 9.92. The van der Waals surface area contributed by atoms with E-state index in [1.54, 1.807) is 0 Å². The van der Waals surface area contributed by atoms with Crippen molar-refractivity contribution < 1.29 is 0 Å². The molecule has 0 bridgehead atoms. The summed E-state index contributed by atoms with van der Waals surface area (Å²) in [6.07, 6.45) is 1.02. The SMILES string of the molecule is CN1c2ccccc2Cc2c1ccc1ccccc21. The molecule has 1 aliphatic heterocycles. The summed E-state index contributed by atoms with van der Waals surface area (Å²) in [7, 11) is 2.16. The molecule has 0 radical (unpaired) electrons. The quantitative estimate of drug-likeness (QED) is 0.563. The normalized spacial score (nSPS) is 13.2. The number of nitrogens with zero attached hydrogens (tertiary/aromatic N) is 1. The number of benzene rings is 3. The first-order valence-corrected chi connectivity index (χ1v) is 6.67. The van der Waals surface area contributed by atoms with E-state index in [2.05, 4.69) is 72.6 Å². The van der Waals surface area contributed by atoms with Gasteiger partial charge in [0.2, 0.25) is 0 Å². The second kappa shape index (κ2) is 3.86. The largest absolute Gasteiger partial charge is 0.344 e. The molecule has 0 spiro atoms. The molecule has 0 aromatic heterocycles. The van der Waals surface area contributed by atoms with Crippen LogP contribution in [0.4, 0.5) is 11.4 Å². The maximum atomic E-state index is 2.31. The van der Waals surface area contributed by atoms with E-state index in [9.17, 15) is 0 Å². The van der Waals surface area contributed by atoms with E-state index in [0.717, 1.165) is 6.42 Å². The molecule has 0 saturated carbocycles. The molecule has 1 heteroatoms. The van der Waals surface area contributed by atoms with Crippen molar-refractivity contribution in [3.05, 3.63) is 71.8 Å². The van der Waals surface area contributed by atoms with Gasteiger partial charge in [-0.2, -0.15) is 0 Å². The van der Waals surface area contributed by atoms with Crippen LogP contribution >= 0.6 is 0 Å². The van der Waals surface area contributed by atoms with Gasteiger partial charge in [0.25, 0.3) is 0 Å². The number of anilines is 2. The van der Waals surface area contributed by atoms with Crippen LogP contribution in [0.3, 0.4) is 0 Å². The number of hydrogen-bond acceptors (Lipinski definition) is 1. The van der Waals surface area contributed by atoms with Gasteiger partial charge in [-0.1, -0.05) is 48.5 Å². The third-order valence-corrected chi connectivity index (χ3v) is 4.10. The lowest BCUT2D eigenvalue weighted by Gasteiger charge is -2.31. The number of rotatable bonds is 0. The fourth-order valence-electron chi connectivity index (χ4n) is 3.13. The van der Waals surface area contributed by atoms with Gasteiger partial charge in [0.05, 0.1) is 0 Å². The molecule has 1 nitrogen and oxygen atoms in total. The van der Waals surface area contributed by atoms with Gasteiger partial charge >= 0.3 is 0 Å². The topological polar surface area (TPSA) is 3.24 Å². The minimum absolute atomic E-state index is 1.02. The molecule has 19 heavy (non-hydrogen) atoms. The summed E-state index contributed by atoms with van der Waals surface area (Å²) in [4.78, 5) is 2.31. The summed E-state index contributed by atoms with van der Waals surface area (Å²) in [6, 6.07) is 21.8. The minimum Gasteiger partial charge on any atom is -0.344 e. The smallest absolute Gasteiger partial charge is 0.0450 e. The highest BCUT2D eigenvalue weighted by atomic mass is 15.1. The van der Waals surface area contributed by atoms with Gasteiger partial charge in [-0.05, 0) is 34.0 Å². The summed E-state index contributed by atoms with van der Waals surface area (Å²) in [5.41, 5.74) is 5.51. The van der Waals surface area contributed by atoms with Crippen LogP contribution in [0, 0.1) is 0 Å². The van der Waals surface area contributed by atoms with Crippen LogP contribution in [-0.4, -0.2) is 7.05 Å². The zero-order valence-corrected chi connectivity index (χ0v) is 10.9. The van der Waals surface area contributed by atoms with Crippen molar-refractivity contribution in [2.45, 2.75) is 6.42 Å². The van der Waals surface area contributed by atoms with E-state index in [1.165, 1.54) is 33.3 Å². The Kier molecular flexibility index (Phi) is 2.16. The lowest BCUT2D eigenvalue weighted by molar-refractivity contribution is 1.07. The summed E-state index contributed by atoms with van der Waals surface area (Å²) in [6.45, 7) is 0. The van der Waals surface area contributed by atoms with Crippen LogP contribution in [0.2, 0.25) is 0 Å². The van der Waals surface area contributed by atoms with E-state index < -0.39 is 0 Å². The Morgan fingerprint density at radius 3 is 2.53 bits per heavy atom. The van der Waals surface area contributed by atoms with Crippen LogP contribution < -0.4 is 4.90 Å². The van der Waals surface area contributed by atoms with Crippen molar-refractivity contribution in [1.82, 2.24) is 0 Å². The van der Waals surface area contributed by atoms with Crippen LogP contribution in [-0.2, 0) is 6.42 Å². The molecule has 0 saturated heterocycles. The van der Waals surface area contributed by atoms with E-state index >= 15 is 0 Å². The fraction of sp³-hybridized carbons (Fsp3) is 0.111. The highest BCUT2D eigenvalue weighted by Gasteiger charge is 2.20. The second-order valence-electron chi connectivity index (χ2n) is 5.15. The van der Waals surface area contributed by atoms with Crippen molar-refractivity contribution in [1.29, 1.82) is 0 Å². The average Bonchev–Trinajstić information content (AvgIpc) is 2.47. The number of hydrogen-bond donors (Lipinski definition) is 0. The summed E-state index contributed by atoms with van der Waals surface area (Å²) in [5, 5.41) is 2.70. The Morgan fingerprint density at radius 2 is 1.58 bits per heavy atom. The van der Waals surface area contributed by atoms with Crippen molar-refractivity contribution in [3.63, 3.8) is 0 Å². The molecule has 0 amide bonds. The van der Waals surface area contributed by atoms with E-state index in [0.29, 0.717) is 0 Å². The Hall–Kier alpha value is -2.28. The van der Waals surface area contributed by atoms with Crippen molar-refractivity contribution in [3.8, 4) is 0 Å². The Balaban J connectivity index is 2.02. The number of fused-ring (bicyclic) bond motifs is 4. The molecule has 0 atom stereocenters. The summed E-state index contributed by atoms with van der Waals surface area (Å²) < 4.78 is 0. The third kappa shape index (κ3) is 1.48. The zero-order chi connectivity index (χ0) is 12.8. The molecule has 1 heterocycles. The van der Waals surface area contributed by atoms with E-state index in [1.807, 2.05) is 0 Å². The predicted molar refractivity (Wildman–Crippen MR) is 81.3 cm³/mol. The highest BCUT2D eigenvalue weighted by Crippen LogP contribution is 2.40. The molecule has 3 aromatic rings. The van der Waals surface area contributed by atoms with E-state index in [-0.39, 0.29) is 0 Å². The molecule has 0 unspecified atom stereocenters. The molecule has 92 valence electrons. The van der Waals surface area contributed by atoms with Crippen molar-refractivity contribution in [2.24, 2.45) is 0 Å². The first-order valence-electron chi connectivity index (χ1n) is 6.67. The molecule has 4 rings (SSSR count). The van der Waals surface area contributed by atoms with Gasteiger partial charge in [-0.3, -0.25) is 0 Å². The minimum atomic E-state index is 1.02. The third-order valence-electron chi connectivity index (χ3n) is 4.10. The lowest BCUT2D eigenvalue weighted by Crippen LogP contribution is -2.18. The predicted octanol–water partition coefficient (Wildman–Crippen LogP) is 4.51. The van der Waals surface area contributed by atoms with Gasteiger partial charge in [-0.25, -0.2) is 0 Å². The average molecular weight is 245 g/mol. The molecule has 0 N–H and O–H groups in total. The molecule has 0 fully saturated rings. The van der Waals surface area contributed by atoms with Gasteiger partial charge in [0.1, 0.15) is 0 Å². The maximum absolute atomic E-state index is 2.31. The van der Waals surface area contributed by atoms with Gasteiger partial charge < -0.3 is 4.90 Å². The first kappa shape index (κ1) is 10.6. The maximum Gasteiger partial charge on any atom is 0.0450 e. The highest BCUT2D eigenvalue weighted by molar-refractivity contribution is 5.93. The summed E-state index contributed by atoms with van der Waals surface area (Å²) in [5.74, 6) is 0. The monoisotopic (exact) mass is 245 g/mol. The molecule has 0 aliphatic carbocycles. The second-order valence-corrected chi connectivity index (χ2v) is 5.15. The Morgan fingerprint density at radius 1 is 0.789 bits per heavy atom. The standard InChI is InChI=1S/C18H15N/c1-19-17-9-5-3-7-14(17)12-16-15-8-4-2-6-13(15)10-11-18(16)19/h2-11H,12H2,1H3. The van der Waals surface area contributed by atoms with Gasteiger partial charge in [0, 0.05) is 24.8 Å². The van der Waals surface area contributed by atoms with Crippen LogP contribution in [0.25, 0.3) is 10.8 Å². The molecule has 1 aliphatic rings. The van der Waals surface area contributed by atoms with Crippen molar-refractivity contribution >= 4 is 22.1 Å². The van der Waals surface area contributed by atoms with Crippen LogP contribution in [0.15, 0.2) is 60.7 Å². The zero-order valence-electron chi connectivity index (χ0n) is 10.9. The fourth-order valence-corrected chi connectivity index (χ4v) is 3.13. The number of para-hydroxylation sites is 1. The molecular formula is C18H15N. The van der Waals surface area contributed by atoms with Crippen molar-refractivity contribution in [2.75, 3.05) is 11.9 Å².